The second-order valence-corrected chi connectivity index (χ2v) is 4.67. The number of nitrogens with two attached hydrogens (primary N) is 1. The Morgan fingerprint density at radius 1 is 1.54 bits per heavy atom. The number of rotatable bonds is 1. The van der Waals surface area contributed by atoms with Crippen LogP contribution in [0.3, 0.4) is 0 Å². The Morgan fingerprint density at radius 3 is 3.00 bits per heavy atom. The van der Waals surface area contributed by atoms with E-state index in [2.05, 4.69) is 24.0 Å². The summed E-state index contributed by atoms with van der Waals surface area (Å²) in [6.07, 6.45) is 3.48. The first kappa shape index (κ1) is 8.75. The quantitative estimate of drug-likeness (QED) is 0.684. The van der Waals surface area contributed by atoms with E-state index in [1.807, 2.05) is 0 Å². The summed E-state index contributed by atoms with van der Waals surface area (Å²) in [4.78, 5) is 0. The van der Waals surface area contributed by atoms with Crippen molar-refractivity contribution >= 4 is 0 Å². The minimum atomic E-state index is 0.417. The number of hydrogen-bond donors (Lipinski definition) is 2. The summed E-state index contributed by atoms with van der Waals surface area (Å²) in [6, 6.07) is 0. The van der Waals surface area contributed by atoms with Crippen molar-refractivity contribution in [3.63, 3.8) is 0 Å². The largest absolute Gasteiger partial charge is 0.325 e. The van der Waals surface area contributed by atoms with Gasteiger partial charge in [0.05, 0.1) is 5.69 Å². The van der Waals surface area contributed by atoms with Gasteiger partial charge in [0.15, 0.2) is 0 Å². The number of aryl methyl sites for hydroxylation is 1. The fraction of sp³-hybridized carbons (Fsp3) is 0.700. The van der Waals surface area contributed by atoms with Gasteiger partial charge in [0.2, 0.25) is 0 Å². The third kappa shape index (κ3) is 1.48. The molecule has 0 radical (unpaired) electrons. The number of aromatic nitrogens is 2. The van der Waals surface area contributed by atoms with E-state index in [0.717, 1.165) is 18.5 Å². The molecule has 3 heteroatoms. The molecular weight excluding hydrogens is 162 g/mol. The first-order chi connectivity index (χ1) is 6.12. The van der Waals surface area contributed by atoms with Gasteiger partial charge in [-0.05, 0) is 30.2 Å². The van der Waals surface area contributed by atoms with E-state index in [1.54, 1.807) is 0 Å². The van der Waals surface area contributed by atoms with Gasteiger partial charge in [-0.1, -0.05) is 13.8 Å². The summed E-state index contributed by atoms with van der Waals surface area (Å²) in [5.41, 5.74) is 9.78. The number of fused-ring (bicyclic) bond motifs is 1. The van der Waals surface area contributed by atoms with Gasteiger partial charge in [-0.25, -0.2) is 0 Å². The molecule has 0 unspecified atom stereocenters. The molecule has 1 aliphatic rings. The van der Waals surface area contributed by atoms with Gasteiger partial charge >= 0.3 is 0 Å². The van der Waals surface area contributed by atoms with Crippen LogP contribution in [0.25, 0.3) is 0 Å². The van der Waals surface area contributed by atoms with E-state index in [-0.39, 0.29) is 0 Å². The van der Waals surface area contributed by atoms with Crippen LogP contribution >= 0.6 is 0 Å². The van der Waals surface area contributed by atoms with E-state index in [4.69, 9.17) is 5.73 Å². The van der Waals surface area contributed by atoms with Crippen molar-refractivity contribution in [2.24, 2.45) is 11.1 Å². The molecule has 1 aromatic rings. The number of H-pyrrole nitrogens is 1. The van der Waals surface area contributed by atoms with Crippen molar-refractivity contribution in [1.82, 2.24) is 10.2 Å². The predicted molar refractivity (Wildman–Crippen MR) is 52.3 cm³/mol. The lowest BCUT2D eigenvalue weighted by molar-refractivity contribution is 0.313. The summed E-state index contributed by atoms with van der Waals surface area (Å²) in [6.45, 7) is 5.17. The fourth-order valence-electron chi connectivity index (χ4n) is 2.06. The maximum absolute atomic E-state index is 5.62. The zero-order valence-electron chi connectivity index (χ0n) is 8.35. The Balaban J connectivity index is 2.36. The topological polar surface area (TPSA) is 54.7 Å². The van der Waals surface area contributed by atoms with Gasteiger partial charge in [0, 0.05) is 12.2 Å². The lowest BCUT2D eigenvalue weighted by atomic mass is 9.76. The van der Waals surface area contributed by atoms with Crippen LogP contribution in [-0.2, 0) is 19.4 Å². The molecular formula is C10H17N3. The van der Waals surface area contributed by atoms with Crippen LogP contribution in [0.1, 0.15) is 37.2 Å². The molecule has 0 saturated heterocycles. The Bertz CT molecular complexity index is 298. The molecule has 13 heavy (non-hydrogen) atoms. The van der Waals surface area contributed by atoms with Crippen LogP contribution in [0, 0.1) is 5.41 Å². The smallest absolute Gasteiger partial charge is 0.0792 e. The predicted octanol–water partition coefficient (Wildman–Crippen LogP) is 1.38. The number of aromatic amines is 1. The third-order valence-corrected chi connectivity index (χ3v) is 2.94. The summed E-state index contributed by atoms with van der Waals surface area (Å²) in [5.74, 6) is 0. The molecule has 3 nitrogen and oxygen atoms in total. The Hall–Kier alpha value is -0.830. The van der Waals surface area contributed by atoms with Crippen molar-refractivity contribution in [2.75, 3.05) is 0 Å². The van der Waals surface area contributed by atoms with Crippen LogP contribution in [0.15, 0.2) is 0 Å². The summed E-state index contributed by atoms with van der Waals surface area (Å²) in [7, 11) is 0. The van der Waals surface area contributed by atoms with Crippen LogP contribution in [0.5, 0.6) is 0 Å². The van der Waals surface area contributed by atoms with Gasteiger partial charge in [0.25, 0.3) is 0 Å². The molecule has 0 spiro atoms. The van der Waals surface area contributed by atoms with Crippen molar-refractivity contribution in [1.29, 1.82) is 0 Å². The Kier molecular flexibility index (Phi) is 1.91. The van der Waals surface area contributed by atoms with Gasteiger partial charge in [0.1, 0.15) is 0 Å². The van der Waals surface area contributed by atoms with Crippen LogP contribution < -0.4 is 5.73 Å². The lowest BCUT2D eigenvalue weighted by Gasteiger charge is -2.29. The van der Waals surface area contributed by atoms with Crippen molar-refractivity contribution < 1.29 is 0 Å². The standard InChI is InChI=1S/C10H17N3/c1-10(2)4-3-8-7(5-10)9(6-11)13-12-8/h3-6,11H2,1-2H3,(H,12,13). The monoisotopic (exact) mass is 179 g/mol. The first-order valence-corrected chi connectivity index (χ1v) is 4.87. The zero-order valence-corrected chi connectivity index (χ0v) is 8.35. The molecule has 0 atom stereocenters. The van der Waals surface area contributed by atoms with Gasteiger partial charge in [-0.2, -0.15) is 5.10 Å². The molecule has 72 valence electrons. The zero-order chi connectivity index (χ0) is 9.47. The van der Waals surface area contributed by atoms with E-state index in [9.17, 15) is 0 Å². The minimum Gasteiger partial charge on any atom is -0.325 e. The molecule has 0 aromatic carbocycles. The highest BCUT2D eigenvalue weighted by Gasteiger charge is 2.28. The maximum Gasteiger partial charge on any atom is 0.0792 e. The average molecular weight is 179 g/mol. The number of nitrogens with zero attached hydrogens (tertiary/aromatic N) is 1. The summed E-state index contributed by atoms with van der Waals surface area (Å²) in [5, 5.41) is 7.32. The van der Waals surface area contributed by atoms with Crippen molar-refractivity contribution in [3.05, 3.63) is 17.0 Å². The van der Waals surface area contributed by atoms with Gasteiger partial charge < -0.3 is 5.73 Å². The molecule has 1 aromatic heterocycles. The fourth-order valence-corrected chi connectivity index (χ4v) is 2.06. The summed E-state index contributed by atoms with van der Waals surface area (Å²) < 4.78 is 0. The molecule has 3 N–H and O–H groups in total. The van der Waals surface area contributed by atoms with E-state index < -0.39 is 0 Å². The Labute approximate surface area is 78.7 Å². The maximum atomic E-state index is 5.62. The summed E-state index contributed by atoms with van der Waals surface area (Å²) >= 11 is 0. The first-order valence-electron chi connectivity index (χ1n) is 4.87. The van der Waals surface area contributed by atoms with Crippen molar-refractivity contribution in [3.8, 4) is 0 Å². The lowest BCUT2D eigenvalue weighted by Crippen LogP contribution is -2.22. The second-order valence-electron chi connectivity index (χ2n) is 4.67. The molecule has 1 heterocycles. The molecule has 0 aliphatic heterocycles. The highest BCUT2D eigenvalue weighted by Crippen LogP contribution is 2.34. The molecule has 0 bridgehead atoms. The third-order valence-electron chi connectivity index (χ3n) is 2.94. The average Bonchev–Trinajstić information content (AvgIpc) is 2.44. The van der Waals surface area contributed by atoms with E-state index in [1.165, 1.54) is 17.7 Å². The van der Waals surface area contributed by atoms with Crippen molar-refractivity contribution in [2.45, 2.75) is 39.7 Å². The second kappa shape index (κ2) is 2.84. The van der Waals surface area contributed by atoms with Crippen LogP contribution in [0.2, 0.25) is 0 Å². The van der Waals surface area contributed by atoms with Crippen LogP contribution in [-0.4, -0.2) is 10.2 Å². The number of hydrogen-bond acceptors (Lipinski definition) is 2. The molecule has 2 rings (SSSR count). The minimum absolute atomic E-state index is 0.417. The number of nitrogens with one attached hydrogen (secondary N) is 1. The normalized spacial score (nSPS) is 19.9. The van der Waals surface area contributed by atoms with E-state index >= 15 is 0 Å². The van der Waals surface area contributed by atoms with Gasteiger partial charge in [-0.15, -0.1) is 0 Å². The highest BCUT2D eigenvalue weighted by atomic mass is 15.1. The molecule has 0 saturated carbocycles. The van der Waals surface area contributed by atoms with E-state index in [0.29, 0.717) is 12.0 Å². The molecule has 0 amide bonds. The molecule has 1 aliphatic carbocycles. The Morgan fingerprint density at radius 2 is 2.31 bits per heavy atom. The molecule has 0 fully saturated rings. The van der Waals surface area contributed by atoms with Gasteiger partial charge in [-0.3, -0.25) is 5.10 Å². The highest BCUT2D eigenvalue weighted by molar-refractivity contribution is 5.29. The van der Waals surface area contributed by atoms with Crippen LogP contribution in [0.4, 0.5) is 0 Å². The SMILES string of the molecule is CC1(C)CCc2[nH]nc(CN)c2C1.